The molecule has 1 heterocycles. The van der Waals surface area contributed by atoms with Gasteiger partial charge in [-0.1, -0.05) is 0 Å². The summed E-state index contributed by atoms with van der Waals surface area (Å²) >= 11 is 0. The molecule has 1 aromatic carbocycles. The molecule has 2 aromatic rings. The van der Waals surface area contributed by atoms with E-state index in [1.165, 1.54) is 5.56 Å². The fourth-order valence-electron chi connectivity index (χ4n) is 2.29. The van der Waals surface area contributed by atoms with Gasteiger partial charge in [-0.15, -0.1) is 0 Å². The van der Waals surface area contributed by atoms with E-state index in [1.54, 1.807) is 14.2 Å². The fraction of sp³-hybridized carbons (Fsp3) is 0.429. The van der Waals surface area contributed by atoms with Gasteiger partial charge in [0.1, 0.15) is 11.5 Å². The summed E-state index contributed by atoms with van der Waals surface area (Å²) < 4.78 is 13.0. The number of aromatic nitrogens is 1. The smallest absolute Gasteiger partial charge is 0.132 e. The van der Waals surface area contributed by atoms with Crippen LogP contribution in [0.15, 0.2) is 18.3 Å². The standard InChI is InChI=1S/C14H20N2O2/c1-10-9-16(6-4-5-15)12-7-11(17-2)8-13(18-3)14(10)12/h7-9H,4-6,15H2,1-3H3. The van der Waals surface area contributed by atoms with Crippen molar-refractivity contribution in [3.8, 4) is 11.5 Å². The van der Waals surface area contributed by atoms with E-state index in [4.69, 9.17) is 15.2 Å². The molecule has 0 unspecified atom stereocenters. The lowest BCUT2D eigenvalue weighted by Crippen LogP contribution is -2.04. The van der Waals surface area contributed by atoms with Gasteiger partial charge in [0.05, 0.1) is 19.7 Å². The first-order valence-corrected chi connectivity index (χ1v) is 6.12. The molecular weight excluding hydrogens is 228 g/mol. The summed E-state index contributed by atoms with van der Waals surface area (Å²) in [6, 6.07) is 3.96. The van der Waals surface area contributed by atoms with Crippen LogP contribution in [-0.4, -0.2) is 25.3 Å². The summed E-state index contributed by atoms with van der Waals surface area (Å²) in [4.78, 5) is 0. The lowest BCUT2D eigenvalue weighted by molar-refractivity contribution is 0.397. The highest BCUT2D eigenvalue weighted by Crippen LogP contribution is 2.34. The lowest BCUT2D eigenvalue weighted by Gasteiger charge is -2.09. The molecule has 0 aliphatic carbocycles. The number of benzene rings is 1. The second kappa shape index (κ2) is 5.31. The molecule has 2 N–H and O–H groups in total. The molecule has 0 atom stereocenters. The number of nitrogens with zero attached hydrogens (tertiary/aromatic N) is 1. The van der Waals surface area contributed by atoms with Crippen LogP contribution in [0.2, 0.25) is 0 Å². The van der Waals surface area contributed by atoms with Gasteiger partial charge in [0.2, 0.25) is 0 Å². The third-order valence-electron chi connectivity index (χ3n) is 3.17. The monoisotopic (exact) mass is 248 g/mol. The Kier molecular flexibility index (Phi) is 3.77. The molecule has 4 heteroatoms. The minimum absolute atomic E-state index is 0.694. The summed E-state index contributed by atoms with van der Waals surface area (Å²) in [5.41, 5.74) is 7.92. The highest BCUT2D eigenvalue weighted by Gasteiger charge is 2.12. The molecule has 0 saturated heterocycles. The zero-order valence-electron chi connectivity index (χ0n) is 11.2. The molecule has 0 amide bonds. The van der Waals surface area contributed by atoms with Gasteiger partial charge in [0, 0.05) is 30.3 Å². The van der Waals surface area contributed by atoms with E-state index >= 15 is 0 Å². The maximum absolute atomic E-state index is 5.58. The van der Waals surface area contributed by atoms with Gasteiger partial charge >= 0.3 is 0 Å². The van der Waals surface area contributed by atoms with Crippen LogP contribution in [0.4, 0.5) is 0 Å². The summed E-state index contributed by atoms with van der Waals surface area (Å²) in [5, 5.41) is 1.15. The Labute approximate surface area is 107 Å². The van der Waals surface area contributed by atoms with Crippen LogP contribution >= 0.6 is 0 Å². The molecule has 4 nitrogen and oxygen atoms in total. The number of rotatable bonds is 5. The van der Waals surface area contributed by atoms with Gasteiger partial charge in [-0.3, -0.25) is 0 Å². The summed E-state index contributed by atoms with van der Waals surface area (Å²) in [6.45, 7) is 3.70. The van der Waals surface area contributed by atoms with Crippen molar-refractivity contribution in [2.45, 2.75) is 19.9 Å². The number of fused-ring (bicyclic) bond motifs is 1. The van der Waals surface area contributed by atoms with Crippen molar-refractivity contribution in [1.82, 2.24) is 4.57 Å². The highest BCUT2D eigenvalue weighted by molar-refractivity contribution is 5.91. The highest BCUT2D eigenvalue weighted by atomic mass is 16.5. The van der Waals surface area contributed by atoms with E-state index in [9.17, 15) is 0 Å². The van der Waals surface area contributed by atoms with E-state index in [0.29, 0.717) is 6.54 Å². The summed E-state index contributed by atoms with van der Waals surface area (Å²) in [6.07, 6.45) is 3.10. The molecule has 2 rings (SSSR count). The first-order chi connectivity index (χ1) is 8.71. The molecule has 18 heavy (non-hydrogen) atoms. The molecule has 0 aliphatic rings. The third-order valence-corrected chi connectivity index (χ3v) is 3.17. The Balaban J connectivity index is 2.60. The second-order valence-electron chi connectivity index (χ2n) is 4.37. The van der Waals surface area contributed by atoms with Crippen molar-refractivity contribution in [3.05, 3.63) is 23.9 Å². The normalized spacial score (nSPS) is 10.9. The van der Waals surface area contributed by atoms with Crippen LogP contribution < -0.4 is 15.2 Å². The Morgan fingerprint density at radius 2 is 2.00 bits per heavy atom. The van der Waals surface area contributed by atoms with Crippen molar-refractivity contribution < 1.29 is 9.47 Å². The number of hydrogen-bond donors (Lipinski definition) is 1. The Morgan fingerprint density at radius 3 is 2.61 bits per heavy atom. The second-order valence-corrected chi connectivity index (χ2v) is 4.37. The predicted octanol–water partition coefficient (Wildman–Crippen LogP) is 2.32. The molecule has 98 valence electrons. The van der Waals surface area contributed by atoms with Crippen molar-refractivity contribution in [2.24, 2.45) is 5.73 Å². The van der Waals surface area contributed by atoms with Gasteiger partial charge in [-0.05, 0) is 25.5 Å². The molecule has 0 spiro atoms. The first kappa shape index (κ1) is 12.8. The first-order valence-electron chi connectivity index (χ1n) is 6.12. The van der Waals surface area contributed by atoms with Crippen LogP contribution in [-0.2, 0) is 6.54 Å². The fourth-order valence-corrected chi connectivity index (χ4v) is 2.29. The summed E-state index contributed by atoms with van der Waals surface area (Å²) in [5.74, 6) is 1.67. The average molecular weight is 248 g/mol. The molecule has 0 bridgehead atoms. The van der Waals surface area contributed by atoms with Gasteiger partial charge in [-0.25, -0.2) is 0 Å². The number of hydrogen-bond acceptors (Lipinski definition) is 3. The molecule has 0 fully saturated rings. The lowest BCUT2D eigenvalue weighted by atomic mass is 10.1. The molecule has 1 aromatic heterocycles. The van der Waals surface area contributed by atoms with Gasteiger partial charge < -0.3 is 19.8 Å². The zero-order chi connectivity index (χ0) is 13.1. The third kappa shape index (κ3) is 2.16. The van der Waals surface area contributed by atoms with Gasteiger partial charge in [0.15, 0.2) is 0 Å². The molecule has 0 saturated carbocycles. The van der Waals surface area contributed by atoms with Gasteiger partial charge in [0.25, 0.3) is 0 Å². The topological polar surface area (TPSA) is 49.4 Å². The van der Waals surface area contributed by atoms with Crippen molar-refractivity contribution in [1.29, 1.82) is 0 Å². The van der Waals surface area contributed by atoms with Crippen molar-refractivity contribution in [3.63, 3.8) is 0 Å². The Bertz CT molecular complexity index is 546. The maximum Gasteiger partial charge on any atom is 0.132 e. The van der Waals surface area contributed by atoms with E-state index in [-0.39, 0.29) is 0 Å². The van der Waals surface area contributed by atoms with E-state index in [0.717, 1.165) is 35.4 Å². The number of methoxy groups -OCH3 is 2. The van der Waals surface area contributed by atoms with Crippen molar-refractivity contribution >= 4 is 10.9 Å². The average Bonchev–Trinajstić information content (AvgIpc) is 2.72. The molecular formula is C14H20N2O2. The largest absolute Gasteiger partial charge is 0.497 e. The number of aryl methyl sites for hydroxylation is 2. The van der Waals surface area contributed by atoms with Crippen LogP contribution in [0, 0.1) is 6.92 Å². The van der Waals surface area contributed by atoms with Crippen LogP contribution in [0.1, 0.15) is 12.0 Å². The molecule has 0 radical (unpaired) electrons. The Morgan fingerprint density at radius 1 is 1.22 bits per heavy atom. The predicted molar refractivity (Wildman–Crippen MR) is 73.5 cm³/mol. The SMILES string of the molecule is COc1cc(OC)c2c(C)cn(CCCN)c2c1. The van der Waals surface area contributed by atoms with E-state index < -0.39 is 0 Å². The summed E-state index contributed by atoms with van der Waals surface area (Å²) in [7, 11) is 3.35. The number of ether oxygens (including phenoxy) is 2. The van der Waals surface area contributed by atoms with E-state index in [2.05, 4.69) is 17.7 Å². The zero-order valence-corrected chi connectivity index (χ0v) is 11.2. The quantitative estimate of drug-likeness (QED) is 0.883. The molecule has 0 aliphatic heterocycles. The van der Waals surface area contributed by atoms with Crippen LogP contribution in [0.25, 0.3) is 10.9 Å². The van der Waals surface area contributed by atoms with E-state index in [1.807, 2.05) is 12.1 Å². The Hall–Kier alpha value is -1.68. The minimum atomic E-state index is 0.694. The van der Waals surface area contributed by atoms with Crippen LogP contribution in [0.3, 0.4) is 0 Å². The van der Waals surface area contributed by atoms with Gasteiger partial charge in [-0.2, -0.15) is 0 Å². The van der Waals surface area contributed by atoms with Crippen molar-refractivity contribution in [2.75, 3.05) is 20.8 Å². The maximum atomic E-state index is 5.58. The van der Waals surface area contributed by atoms with Crippen LogP contribution in [0.5, 0.6) is 11.5 Å². The number of nitrogens with two attached hydrogens (primary N) is 1. The minimum Gasteiger partial charge on any atom is -0.497 e.